The first kappa shape index (κ1) is 14.7. The van der Waals surface area contributed by atoms with Gasteiger partial charge in [0.05, 0.1) is 11.7 Å². The van der Waals surface area contributed by atoms with Crippen LogP contribution >= 0.6 is 15.9 Å². The Hall–Kier alpha value is -0.750. The van der Waals surface area contributed by atoms with Gasteiger partial charge in [0, 0.05) is 10.5 Å². The lowest BCUT2D eigenvalue weighted by molar-refractivity contribution is -0.139. The van der Waals surface area contributed by atoms with Gasteiger partial charge in [-0.25, -0.2) is 0 Å². The van der Waals surface area contributed by atoms with Crippen molar-refractivity contribution in [3.8, 4) is 5.75 Å². The van der Waals surface area contributed by atoms with Crippen molar-refractivity contribution >= 4 is 15.9 Å². The van der Waals surface area contributed by atoms with E-state index in [1.807, 2.05) is 0 Å². The van der Waals surface area contributed by atoms with Crippen molar-refractivity contribution in [3.63, 3.8) is 0 Å². The summed E-state index contributed by atoms with van der Waals surface area (Å²) in [5, 5.41) is 0. The molecule has 106 valence electrons. The van der Waals surface area contributed by atoms with Crippen molar-refractivity contribution in [2.75, 3.05) is 0 Å². The molecule has 2 rings (SSSR count). The summed E-state index contributed by atoms with van der Waals surface area (Å²) in [6.45, 7) is 0. The molecule has 1 aromatic rings. The first-order valence-electron chi connectivity index (χ1n) is 6.15. The summed E-state index contributed by atoms with van der Waals surface area (Å²) in [7, 11) is 0. The highest BCUT2D eigenvalue weighted by Gasteiger charge is 2.35. The molecule has 0 unspecified atom stereocenters. The Kier molecular flexibility index (Phi) is 4.40. The smallest absolute Gasteiger partial charge is 0.419 e. The van der Waals surface area contributed by atoms with Crippen molar-refractivity contribution in [3.05, 3.63) is 28.2 Å². The fourth-order valence-electron chi connectivity index (χ4n) is 2.21. The third kappa shape index (κ3) is 3.86. The van der Waals surface area contributed by atoms with Crippen LogP contribution in [0.4, 0.5) is 13.2 Å². The lowest BCUT2D eigenvalue weighted by atomic mass is 9.93. The Balaban J connectivity index is 2.17. The van der Waals surface area contributed by atoms with Crippen LogP contribution in [0.2, 0.25) is 0 Å². The van der Waals surface area contributed by atoms with Gasteiger partial charge in [-0.2, -0.15) is 13.2 Å². The summed E-state index contributed by atoms with van der Waals surface area (Å²) in [6, 6.07) is 3.92. The lowest BCUT2D eigenvalue weighted by Gasteiger charge is -2.28. The third-order valence-electron chi connectivity index (χ3n) is 3.26. The SMILES string of the molecule is NC1CCC(Oc2cc(Br)ccc2C(F)(F)F)CC1. The molecule has 0 saturated heterocycles. The Morgan fingerprint density at radius 1 is 1.16 bits per heavy atom. The van der Waals surface area contributed by atoms with Gasteiger partial charge >= 0.3 is 6.18 Å². The summed E-state index contributed by atoms with van der Waals surface area (Å²) < 4.78 is 44.8. The van der Waals surface area contributed by atoms with Gasteiger partial charge in [0.1, 0.15) is 5.75 Å². The Labute approximate surface area is 118 Å². The van der Waals surface area contributed by atoms with E-state index in [9.17, 15) is 13.2 Å². The van der Waals surface area contributed by atoms with Gasteiger partial charge < -0.3 is 10.5 Å². The molecule has 1 aliphatic rings. The number of benzene rings is 1. The van der Waals surface area contributed by atoms with E-state index in [-0.39, 0.29) is 17.9 Å². The molecule has 19 heavy (non-hydrogen) atoms. The predicted octanol–water partition coefficient (Wildman–Crippen LogP) is 4.12. The monoisotopic (exact) mass is 337 g/mol. The maximum absolute atomic E-state index is 12.9. The van der Waals surface area contributed by atoms with Crippen molar-refractivity contribution in [1.82, 2.24) is 0 Å². The van der Waals surface area contributed by atoms with Crippen molar-refractivity contribution in [2.45, 2.75) is 44.0 Å². The molecule has 0 spiro atoms. The van der Waals surface area contributed by atoms with Crippen molar-refractivity contribution in [2.24, 2.45) is 5.73 Å². The average Bonchev–Trinajstić information content (AvgIpc) is 2.30. The van der Waals surface area contributed by atoms with E-state index >= 15 is 0 Å². The van der Waals surface area contributed by atoms with E-state index in [0.29, 0.717) is 17.3 Å². The number of alkyl halides is 3. The van der Waals surface area contributed by atoms with Gasteiger partial charge in [-0.3, -0.25) is 0 Å². The number of ether oxygens (including phenoxy) is 1. The molecule has 1 aromatic carbocycles. The molecule has 0 aliphatic heterocycles. The zero-order chi connectivity index (χ0) is 14.0. The first-order chi connectivity index (χ1) is 8.86. The standard InChI is InChI=1S/C13H15BrF3NO/c14-8-1-6-11(13(15,16)17)12(7-8)19-10-4-2-9(18)3-5-10/h1,6-7,9-10H,2-5,18H2. The van der Waals surface area contributed by atoms with Crippen LogP contribution in [0.15, 0.2) is 22.7 Å². The molecule has 0 atom stereocenters. The molecule has 0 radical (unpaired) electrons. The quantitative estimate of drug-likeness (QED) is 0.881. The Bertz CT molecular complexity index is 442. The lowest BCUT2D eigenvalue weighted by Crippen LogP contribution is -2.32. The highest BCUT2D eigenvalue weighted by atomic mass is 79.9. The highest BCUT2D eigenvalue weighted by Crippen LogP contribution is 2.39. The Morgan fingerprint density at radius 3 is 2.37 bits per heavy atom. The summed E-state index contributed by atoms with van der Waals surface area (Å²) >= 11 is 3.17. The molecular weight excluding hydrogens is 323 g/mol. The minimum atomic E-state index is -4.40. The van der Waals surface area contributed by atoms with Crippen LogP contribution in [0.5, 0.6) is 5.75 Å². The van der Waals surface area contributed by atoms with Crippen LogP contribution in [-0.4, -0.2) is 12.1 Å². The first-order valence-corrected chi connectivity index (χ1v) is 6.94. The summed E-state index contributed by atoms with van der Waals surface area (Å²) in [6.07, 6.45) is -1.60. The molecule has 1 saturated carbocycles. The minimum Gasteiger partial charge on any atom is -0.490 e. The van der Waals surface area contributed by atoms with Crippen LogP contribution in [0.25, 0.3) is 0 Å². The van der Waals surface area contributed by atoms with Crippen LogP contribution in [0.3, 0.4) is 0 Å². The Morgan fingerprint density at radius 2 is 1.79 bits per heavy atom. The predicted molar refractivity (Wildman–Crippen MR) is 70.0 cm³/mol. The number of halogens is 4. The molecule has 0 heterocycles. The second kappa shape index (κ2) is 5.71. The normalized spacial score (nSPS) is 24.3. The highest BCUT2D eigenvalue weighted by molar-refractivity contribution is 9.10. The molecule has 0 aromatic heterocycles. The van der Waals surface area contributed by atoms with E-state index in [1.165, 1.54) is 12.1 Å². The molecule has 1 fully saturated rings. The third-order valence-corrected chi connectivity index (χ3v) is 3.75. The van der Waals surface area contributed by atoms with Gasteiger partial charge in [0.15, 0.2) is 0 Å². The second-order valence-corrected chi connectivity index (χ2v) is 5.71. The molecule has 2 nitrogen and oxygen atoms in total. The molecule has 0 bridgehead atoms. The van der Waals surface area contributed by atoms with Gasteiger partial charge in [0.2, 0.25) is 0 Å². The molecule has 1 aliphatic carbocycles. The van der Waals surface area contributed by atoms with Crippen LogP contribution < -0.4 is 10.5 Å². The van der Waals surface area contributed by atoms with Gasteiger partial charge in [0.25, 0.3) is 0 Å². The summed E-state index contributed by atoms with van der Waals surface area (Å²) in [5.41, 5.74) is 5.04. The zero-order valence-electron chi connectivity index (χ0n) is 10.2. The average molecular weight is 338 g/mol. The number of rotatable bonds is 2. The van der Waals surface area contributed by atoms with Gasteiger partial charge in [-0.15, -0.1) is 0 Å². The topological polar surface area (TPSA) is 35.2 Å². The maximum atomic E-state index is 12.9. The van der Waals surface area contributed by atoms with Crippen LogP contribution in [0.1, 0.15) is 31.2 Å². The fourth-order valence-corrected chi connectivity index (χ4v) is 2.55. The second-order valence-electron chi connectivity index (χ2n) is 4.79. The van der Waals surface area contributed by atoms with E-state index in [4.69, 9.17) is 10.5 Å². The fraction of sp³-hybridized carbons (Fsp3) is 0.538. The minimum absolute atomic E-state index is 0.109. The maximum Gasteiger partial charge on any atom is 0.419 e. The van der Waals surface area contributed by atoms with E-state index in [1.54, 1.807) is 0 Å². The van der Waals surface area contributed by atoms with E-state index in [0.717, 1.165) is 18.9 Å². The number of hydrogen-bond acceptors (Lipinski definition) is 2. The van der Waals surface area contributed by atoms with Gasteiger partial charge in [-0.05, 0) is 43.9 Å². The number of nitrogens with two attached hydrogens (primary N) is 1. The molecular formula is C13H15BrF3NO. The van der Waals surface area contributed by atoms with E-state index in [2.05, 4.69) is 15.9 Å². The van der Waals surface area contributed by atoms with Crippen molar-refractivity contribution in [1.29, 1.82) is 0 Å². The van der Waals surface area contributed by atoms with Gasteiger partial charge in [-0.1, -0.05) is 15.9 Å². The van der Waals surface area contributed by atoms with Crippen molar-refractivity contribution < 1.29 is 17.9 Å². The molecule has 0 amide bonds. The summed E-state index contributed by atoms with van der Waals surface area (Å²) in [5.74, 6) is -0.109. The number of hydrogen-bond donors (Lipinski definition) is 1. The molecule has 2 N–H and O–H groups in total. The molecule has 6 heteroatoms. The van der Waals surface area contributed by atoms with Crippen LogP contribution in [-0.2, 0) is 6.18 Å². The zero-order valence-corrected chi connectivity index (χ0v) is 11.8. The summed E-state index contributed by atoms with van der Waals surface area (Å²) in [4.78, 5) is 0. The largest absolute Gasteiger partial charge is 0.490 e. The van der Waals surface area contributed by atoms with Crippen LogP contribution in [0, 0.1) is 0 Å². The van der Waals surface area contributed by atoms with E-state index < -0.39 is 11.7 Å².